The Labute approximate surface area is 156 Å². The van der Waals surface area contributed by atoms with Gasteiger partial charge in [0.05, 0.1) is 7.11 Å². The standard InChI is InChI=1S/C20H28N2O2.ClH/c1-20(2,14-23)19(22-10-8-21-9-11-22)17-5-4-16-13-18(24-3)7-6-15(16)12-17;/h4-7,12-13,19,21,23H,8-11,14H2,1-3H3;1H/t19-;/m1./s1. The Hall–Kier alpha value is -1.33. The van der Waals surface area contributed by atoms with Crippen molar-refractivity contribution in [2.45, 2.75) is 19.9 Å². The molecule has 1 fully saturated rings. The lowest BCUT2D eigenvalue weighted by molar-refractivity contribution is 0.0306. The Morgan fingerprint density at radius 2 is 1.76 bits per heavy atom. The summed E-state index contributed by atoms with van der Waals surface area (Å²) in [7, 11) is 1.69. The summed E-state index contributed by atoms with van der Waals surface area (Å²) in [6.07, 6.45) is 0. The number of aliphatic hydroxyl groups excluding tert-OH is 1. The van der Waals surface area contributed by atoms with Gasteiger partial charge in [-0.15, -0.1) is 12.4 Å². The number of fused-ring (bicyclic) bond motifs is 1. The summed E-state index contributed by atoms with van der Waals surface area (Å²) >= 11 is 0. The number of methoxy groups -OCH3 is 1. The van der Waals surface area contributed by atoms with Gasteiger partial charge in [0, 0.05) is 44.2 Å². The van der Waals surface area contributed by atoms with Gasteiger partial charge in [-0.05, 0) is 34.5 Å². The van der Waals surface area contributed by atoms with Gasteiger partial charge in [0.25, 0.3) is 0 Å². The minimum absolute atomic E-state index is 0. The quantitative estimate of drug-likeness (QED) is 0.855. The molecular weight excluding hydrogens is 336 g/mol. The fourth-order valence-electron chi connectivity index (χ4n) is 3.72. The van der Waals surface area contributed by atoms with Crippen molar-refractivity contribution < 1.29 is 9.84 Å². The Kier molecular flexibility index (Phi) is 6.69. The molecule has 25 heavy (non-hydrogen) atoms. The Morgan fingerprint density at radius 1 is 1.12 bits per heavy atom. The molecule has 1 saturated heterocycles. The molecule has 2 N–H and O–H groups in total. The molecule has 1 aliphatic heterocycles. The van der Waals surface area contributed by atoms with Crippen LogP contribution in [0.15, 0.2) is 36.4 Å². The molecule has 138 valence electrons. The van der Waals surface area contributed by atoms with E-state index in [9.17, 15) is 5.11 Å². The number of rotatable bonds is 5. The predicted octanol–water partition coefficient (Wildman–Crippen LogP) is 3.24. The van der Waals surface area contributed by atoms with Gasteiger partial charge in [0.15, 0.2) is 0 Å². The van der Waals surface area contributed by atoms with Crippen LogP contribution in [-0.2, 0) is 0 Å². The highest BCUT2D eigenvalue weighted by molar-refractivity contribution is 5.85. The second-order valence-electron chi connectivity index (χ2n) is 7.31. The van der Waals surface area contributed by atoms with E-state index in [1.54, 1.807) is 7.11 Å². The molecule has 0 radical (unpaired) electrons. The van der Waals surface area contributed by atoms with Gasteiger partial charge in [0.1, 0.15) is 5.75 Å². The normalized spacial score (nSPS) is 17.1. The maximum absolute atomic E-state index is 9.98. The summed E-state index contributed by atoms with van der Waals surface area (Å²) in [6, 6.07) is 13.0. The summed E-state index contributed by atoms with van der Waals surface area (Å²) in [5.41, 5.74) is 1.07. The van der Waals surface area contributed by atoms with Crippen molar-refractivity contribution in [3.8, 4) is 5.75 Å². The molecular formula is C20H29ClN2O2. The summed E-state index contributed by atoms with van der Waals surface area (Å²) in [4.78, 5) is 2.50. The fourth-order valence-corrected chi connectivity index (χ4v) is 3.72. The van der Waals surface area contributed by atoms with E-state index >= 15 is 0 Å². The summed E-state index contributed by atoms with van der Waals surface area (Å²) < 4.78 is 5.32. The number of nitrogens with one attached hydrogen (secondary N) is 1. The molecule has 2 aromatic rings. The monoisotopic (exact) mass is 364 g/mol. The minimum Gasteiger partial charge on any atom is -0.497 e. The number of hydrogen-bond donors (Lipinski definition) is 2. The Morgan fingerprint density at radius 3 is 2.40 bits per heavy atom. The van der Waals surface area contributed by atoms with Gasteiger partial charge in [0.2, 0.25) is 0 Å². The van der Waals surface area contributed by atoms with E-state index in [2.05, 4.69) is 54.4 Å². The van der Waals surface area contributed by atoms with Crippen molar-refractivity contribution in [1.29, 1.82) is 0 Å². The zero-order chi connectivity index (χ0) is 17.2. The largest absolute Gasteiger partial charge is 0.497 e. The van der Waals surface area contributed by atoms with Crippen LogP contribution in [0.5, 0.6) is 5.75 Å². The van der Waals surface area contributed by atoms with Gasteiger partial charge >= 0.3 is 0 Å². The van der Waals surface area contributed by atoms with Crippen LogP contribution in [0.25, 0.3) is 10.8 Å². The second-order valence-corrected chi connectivity index (χ2v) is 7.31. The maximum Gasteiger partial charge on any atom is 0.119 e. The zero-order valence-corrected chi connectivity index (χ0v) is 16.1. The third-order valence-corrected chi connectivity index (χ3v) is 5.05. The first-order chi connectivity index (χ1) is 11.5. The van der Waals surface area contributed by atoms with Crippen molar-refractivity contribution in [1.82, 2.24) is 10.2 Å². The van der Waals surface area contributed by atoms with Gasteiger partial charge in [-0.3, -0.25) is 4.90 Å². The van der Waals surface area contributed by atoms with Crippen molar-refractivity contribution in [2.75, 3.05) is 39.9 Å². The maximum atomic E-state index is 9.98. The first-order valence-corrected chi connectivity index (χ1v) is 8.68. The number of aliphatic hydroxyl groups is 1. The molecule has 0 unspecified atom stereocenters. The molecule has 0 spiro atoms. The van der Waals surface area contributed by atoms with E-state index in [0.717, 1.165) is 31.9 Å². The number of halogens is 1. The molecule has 0 aromatic heterocycles. The highest BCUT2D eigenvalue weighted by atomic mass is 35.5. The summed E-state index contributed by atoms with van der Waals surface area (Å²) in [5, 5.41) is 15.8. The van der Waals surface area contributed by atoms with Crippen molar-refractivity contribution in [3.05, 3.63) is 42.0 Å². The smallest absolute Gasteiger partial charge is 0.119 e. The lowest BCUT2D eigenvalue weighted by atomic mass is 9.79. The SMILES string of the molecule is COc1ccc2cc([C@@H](N3CCNCC3)C(C)(C)CO)ccc2c1.Cl. The van der Waals surface area contributed by atoms with E-state index < -0.39 is 0 Å². The average Bonchev–Trinajstić information content (AvgIpc) is 2.62. The van der Waals surface area contributed by atoms with Crippen LogP contribution in [-0.4, -0.2) is 49.9 Å². The van der Waals surface area contributed by atoms with Gasteiger partial charge in [-0.25, -0.2) is 0 Å². The van der Waals surface area contributed by atoms with Gasteiger partial charge < -0.3 is 15.2 Å². The summed E-state index contributed by atoms with van der Waals surface area (Å²) in [5.74, 6) is 0.879. The number of piperazine rings is 1. The van der Waals surface area contributed by atoms with Crippen LogP contribution in [0.4, 0.5) is 0 Å². The first-order valence-electron chi connectivity index (χ1n) is 8.68. The highest BCUT2D eigenvalue weighted by Crippen LogP contribution is 2.39. The molecule has 0 saturated carbocycles. The van der Waals surface area contributed by atoms with Crippen LogP contribution < -0.4 is 10.1 Å². The number of hydrogen-bond acceptors (Lipinski definition) is 4. The van der Waals surface area contributed by atoms with Gasteiger partial charge in [-0.1, -0.05) is 32.0 Å². The van der Waals surface area contributed by atoms with E-state index in [1.807, 2.05) is 6.07 Å². The minimum atomic E-state index is -0.197. The molecule has 1 heterocycles. The summed E-state index contributed by atoms with van der Waals surface area (Å²) in [6.45, 7) is 8.49. The molecule has 2 aromatic carbocycles. The molecule has 5 heteroatoms. The number of nitrogens with zero attached hydrogens (tertiary/aromatic N) is 1. The molecule has 3 rings (SSSR count). The van der Waals surface area contributed by atoms with Crippen molar-refractivity contribution in [2.24, 2.45) is 5.41 Å². The lowest BCUT2D eigenvalue weighted by Gasteiger charge is -2.43. The Balaban J connectivity index is 0.00000225. The number of ether oxygens (including phenoxy) is 1. The second kappa shape index (κ2) is 8.37. The van der Waals surface area contributed by atoms with Crippen LogP contribution in [0.2, 0.25) is 0 Å². The fraction of sp³-hybridized carbons (Fsp3) is 0.500. The molecule has 0 aliphatic carbocycles. The van der Waals surface area contributed by atoms with Crippen molar-refractivity contribution in [3.63, 3.8) is 0 Å². The Bertz CT molecular complexity index is 699. The molecule has 0 bridgehead atoms. The van der Waals surface area contributed by atoms with E-state index in [-0.39, 0.29) is 30.5 Å². The van der Waals surface area contributed by atoms with Crippen LogP contribution in [0, 0.1) is 5.41 Å². The van der Waals surface area contributed by atoms with Crippen LogP contribution in [0.3, 0.4) is 0 Å². The zero-order valence-electron chi connectivity index (χ0n) is 15.3. The molecule has 4 nitrogen and oxygen atoms in total. The van der Waals surface area contributed by atoms with Crippen LogP contribution >= 0.6 is 12.4 Å². The number of benzene rings is 2. The third kappa shape index (κ3) is 4.26. The van der Waals surface area contributed by atoms with E-state index in [4.69, 9.17) is 4.74 Å². The molecule has 1 atom stereocenters. The van der Waals surface area contributed by atoms with E-state index in [0.29, 0.717) is 0 Å². The van der Waals surface area contributed by atoms with E-state index in [1.165, 1.54) is 16.3 Å². The lowest BCUT2D eigenvalue weighted by Crippen LogP contribution is -2.49. The van der Waals surface area contributed by atoms with Crippen LogP contribution in [0.1, 0.15) is 25.5 Å². The topological polar surface area (TPSA) is 44.7 Å². The molecule has 1 aliphatic rings. The highest BCUT2D eigenvalue weighted by Gasteiger charge is 2.35. The average molecular weight is 365 g/mol. The third-order valence-electron chi connectivity index (χ3n) is 5.05. The predicted molar refractivity (Wildman–Crippen MR) is 106 cm³/mol. The van der Waals surface area contributed by atoms with Gasteiger partial charge in [-0.2, -0.15) is 0 Å². The molecule has 0 amide bonds. The van der Waals surface area contributed by atoms with Crippen molar-refractivity contribution >= 4 is 23.2 Å². The first kappa shape index (κ1) is 20.0.